The van der Waals surface area contributed by atoms with E-state index in [1.807, 2.05) is 11.8 Å². The van der Waals surface area contributed by atoms with Gasteiger partial charge in [0.15, 0.2) is 0 Å². The van der Waals surface area contributed by atoms with Crippen LogP contribution in [0.1, 0.15) is 38.2 Å². The number of anilines is 1. The van der Waals surface area contributed by atoms with E-state index in [9.17, 15) is 0 Å². The van der Waals surface area contributed by atoms with Gasteiger partial charge in [0, 0.05) is 37.1 Å². The maximum Gasteiger partial charge on any atom is 0.0366 e. The van der Waals surface area contributed by atoms with Gasteiger partial charge in [-0.05, 0) is 49.6 Å². The van der Waals surface area contributed by atoms with Gasteiger partial charge in [-0.3, -0.25) is 0 Å². The van der Waals surface area contributed by atoms with Crippen LogP contribution in [0.2, 0.25) is 0 Å². The maximum atomic E-state index is 3.65. The molecule has 2 nitrogen and oxygen atoms in total. The molecule has 0 radical (unpaired) electrons. The topological polar surface area (TPSA) is 15.3 Å². The summed E-state index contributed by atoms with van der Waals surface area (Å²) in [5.41, 5.74) is 2.79. The van der Waals surface area contributed by atoms with E-state index in [4.69, 9.17) is 0 Å². The molecule has 2 rings (SSSR count). The fraction of sp³-hybridized carbons (Fsp3) is 0.647. The van der Waals surface area contributed by atoms with Crippen molar-refractivity contribution in [3.8, 4) is 0 Å². The van der Waals surface area contributed by atoms with E-state index in [0.29, 0.717) is 6.04 Å². The molecule has 1 N–H and O–H groups in total. The Kier molecular flexibility index (Phi) is 6.74. The standard InChI is InChI=1S/C17H28N2S/c1-3-16(14-20-2)18-13-15-7-9-17(10-8-15)19-11-5-4-6-12-19/h7-10,16,18H,3-6,11-14H2,1-2H3. The van der Waals surface area contributed by atoms with Gasteiger partial charge >= 0.3 is 0 Å². The highest BCUT2D eigenvalue weighted by atomic mass is 32.2. The van der Waals surface area contributed by atoms with Crippen LogP contribution in [0, 0.1) is 0 Å². The molecule has 0 bridgehead atoms. The summed E-state index contributed by atoms with van der Waals surface area (Å²) in [6.45, 7) is 5.69. The van der Waals surface area contributed by atoms with Gasteiger partial charge in [0.05, 0.1) is 0 Å². The summed E-state index contributed by atoms with van der Waals surface area (Å²) in [5.74, 6) is 1.20. The molecule has 20 heavy (non-hydrogen) atoms. The van der Waals surface area contributed by atoms with E-state index in [1.165, 1.54) is 55.8 Å². The van der Waals surface area contributed by atoms with Crippen LogP contribution in [-0.2, 0) is 6.54 Å². The van der Waals surface area contributed by atoms with Gasteiger partial charge in [-0.1, -0.05) is 19.1 Å². The second-order valence-corrected chi connectivity index (χ2v) is 6.57. The van der Waals surface area contributed by atoms with Crippen molar-refractivity contribution >= 4 is 17.4 Å². The zero-order valence-corrected chi connectivity index (χ0v) is 13.7. The fourth-order valence-electron chi connectivity index (χ4n) is 2.76. The highest BCUT2D eigenvalue weighted by Crippen LogP contribution is 2.20. The van der Waals surface area contributed by atoms with E-state index in [2.05, 4.69) is 47.7 Å². The molecule has 0 amide bonds. The van der Waals surface area contributed by atoms with Gasteiger partial charge in [-0.2, -0.15) is 11.8 Å². The van der Waals surface area contributed by atoms with Crippen LogP contribution in [0.3, 0.4) is 0 Å². The molecule has 112 valence electrons. The molecule has 0 aliphatic carbocycles. The molecule has 0 spiro atoms. The average Bonchev–Trinajstić information content (AvgIpc) is 2.53. The predicted octanol–water partition coefficient (Wildman–Crippen LogP) is 3.91. The molecule has 1 fully saturated rings. The molecule has 0 aromatic heterocycles. The molecular formula is C17H28N2S. The van der Waals surface area contributed by atoms with Gasteiger partial charge in [0.2, 0.25) is 0 Å². The van der Waals surface area contributed by atoms with Crippen LogP contribution in [0.15, 0.2) is 24.3 Å². The molecular weight excluding hydrogens is 264 g/mol. The van der Waals surface area contributed by atoms with E-state index in [1.54, 1.807) is 0 Å². The second kappa shape index (κ2) is 8.58. The fourth-order valence-corrected chi connectivity index (χ4v) is 3.52. The second-order valence-electron chi connectivity index (χ2n) is 5.66. The van der Waals surface area contributed by atoms with Gasteiger partial charge in [-0.25, -0.2) is 0 Å². The Morgan fingerprint density at radius 3 is 2.45 bits per heavy atom. The minimum atomic E-state index is 0.631. The SMILES string of the molecule is CCC(CSC)NCc1ccc(N2CCCCC2)cc1. The van der Waals surface area contributed by atoms with Crippen molar-refractivity contribution in [2.24, 2.45) is 0 Å². The minimum absolute atomic E-state index is 0.631. The van der Waals surface area contributed by atoms with Crippen LogP contribution in [0.5, 0.6) is 0 Å². The molecule has 3 heteroatoms. The van der Waals surface area contributed by atoms with Crippen molar-refractivity contribution in [2.45, 2.75) is 45.2 Å². The van der Waals surface area contributed by atoms with Gasteiger partial charge in [0.25, 0.3) is 0 Å². The molecule has 1 saturated heterocycles. The van der Waals surface area contributed by atoms with Crippen molar-refractivity contribution in [3.63, 3.8) is 0 Å². The van der Waals surface area contributed by atoms with E-state index < -0.39 is 0 Å². The molecule has 1 atom stereocenters. The van der Waals surface area contributed by atoms with Crippen molar-refractivity contribution < 1.29 is 0 Å². The Labute approximate surface area is 128 Å². The molecule has 1 aliphatic rings. The van der Waals surface area contributed by atoms with Crippen molar-refractivity contribution in [1.29, 1.82) is 0 Å². The summed E-state index contributed by atoms with van der Waals surface area (Å²) in [6, 6.07) is 9.77. The largest absolute Gasteiger partial charge is 0.372 e. The third-order valence-electron chi connectivity index (χ3n) is 4.11. The lowest BCUT2D eigenvalue weighted by molar-refractivity contribution is 0.541. The van der Waals surface area contributed by atoms with Gasteiger partial charge < -0.3 is 10.2 Å². The third kappa shape index (κ3) is 4.71. The molecule has 1 aliphatic heterocycles. The number of piperidine rings is 1. The average molecular weight is 292 g/mol. The van der Waals surface area contributed by atoms with E-state index in [0.717, 1.165) is 6.54 Å². The summed E-state index contributed by atoms with van der Waals surface area (Å²) in [5, 5.41) is 3.65. The van der Waals surface area contributed by atoms with E-state index >= 15 is 0 Å². The third-order valence-corrected chi connectivity index (χ3v) is 4.85. The lowest BCUT2D eigenvalue weighted by atomic mass is 10.1. The number of nitrogens with zero attached hydrogens (tertiary/aromatic N) is 1. The molecule has 0 saturated carbocycles. The van der Waals surface area contributed by atoms with Gasteiger partial charge in [0.1, 0.15) is 0 Å². The van der Waals surface area contributed by atoms with Crippen molar-refractivity contribution in [3.05, 3.63) is 29.8 Å². The Morgan fingerprint density at radius 1 is 1.15 bits per heavy atom. The van der Waals surface area contributed by atoms with Crippen molar-refractivity contribution in [1.82, 2.24) is 5.32 Å². The Morgan fingerprint density at radius 2 is 1.85 bits per heavy atom. The minimum Gasteiger partial charge on any atom is -0.372 e. The van der Waals surface area contributed by atoms with Crippen molar-refractivity contribution in [2.75, 3.05) is 30.0 Å². The summed E-state index contributed by atoms with van der Waals surface area (Å²) in [4.78, 5) is 2.52. The quantitative estimate of drug-likeness (QED) is 0.820. The summed E-state index contributed by atoms with van der Waals surface area (Å²) < 4.78 is 0. The number of thioether (sulfide) groups is 1. The zero-order valence-electron chi connectivity index (χ0n) is 12.9. The number of hydrogen-bond donors (Lipinski definition) is 1. The number of benzene rings is 1. The monoisotopic (exact) mass is 292 g/mol. The molecule has 1 aromatic carbocycles. The van der Waals surface area contributed by atoms with Crippen LogP contribution < -0.4 is 10.2 Å². The van der Waals surface area contributed by atoms with Crippen LogP contribution in [0.4, 0.5) is 5.69 Å². The van der Waals surface area contributed by atoms with E-state index in [-0.39, 0.29) is 0 Å². The summed E-state index contributed by atoms with van der Waals surface area (Å²) in [6.07, 6.45) is 7.46. The first kappa shape index (κ1) is 15.7. The molecule has 1 aromatic rings. The smallest absolute Gasteiger partial charge is 0.0366 e. The highest BCUT2D eigenvalue weighted by molar-refractivity contribution is 7.98. The highest BCUT2D eigenvalue weighted by Gasteiger charge is 2.10. The predicted molar refractivity (Wildman–Crippen MR) is 91.8 cm³/mol. The number of rotatable bonds is 7. The first-order chi connectivity index (χ1) is 9.83. The van der Waals surface area contributed by atoms with Gasteiger partial charge in [-0.15, -0.1) is 0 Å². The first-order valence-corrected chi connectivity index (χ1v) is 9.29. The lowest BCUT2D eigenvalue weighted by Crippen LogP contribution is -2.30. The number of hydrogen-bond acceptors (Lipinski definition) is 3. The Hall–Kier alpha value is -0.670. The Balaban J connectivity index is 1.84. The normalized spacial score (nSPS) is 17.2. The first-order valence-electron chi connectivity index (χ1n) is 7.89. The Bertz CT molecular complexity index is 371. The van der Waals surface area contributed by atoms with Crippen LogP contribution >= 0.6 is 11.8 Å². The summed E-state index contributed by atoms with van der Waals surface area (Å²) in [7, 11) is 0. The molecule has 1 heterocycles. The zero-order chi connectivity index (χ0) is 14.2. The number of nitrogens with one attached hydrogen (secondary N) is 1. The molecule has 1 unspecified atom stereocenters. The van der Waals surface area contributed by atoms with Crippen LogP contribution in [0.25, 0.3) is 0 Å². The summed E-state index contributed by atoms with van der Waals surface area (Å²) >= 11 is 1.92. The lowest BCUT2D eigenvalue weighted by Gasteiger charge is -2.29. The maximum absolute atomic E-state index is 3.65. The van der Waals surface area contributed by atoms with Crippen LogP contribution in [-0.4, -0.2) is 31.1 Å².